The van der Waals surface area contributed by atoms with Gasteiger partial charge in [0.1, 0.15) is 6.04 Å². The molecule has 2 aromatic carbocycles. The van der Waals surface area contributed by atoms with Crippen LogP contribution in [0.4, 0.5) is 0 Å². The maximum atomic E-state index is 8.10. The van der Waals surface area contributed by atoms with Crippen molar-refractivity contribution < 1.29 is 4.74 Å². The van der Waals surface area contributed by atoms with Gasteiger partial charge >= 0.3 is 0 Å². The highest BCUT2D eigenvalue weighted by Gasteiger charge is 2.43. The minimum atomic E-state index is -0.0786. The molecule has 1 saturated heterocycles. The van der Waals surface area contributed by atoms with Crippen molar-refractivity contribution in [3.05, 3.63) is 71.3 Å². The Bertz CT molecular complexity index is 653. The number of hydrogen-bond donors (Lipinski definition) is 1. The first-order valence-corrected chi connectivity index (χ1v) is 6.99. The molecule has 2 aliphatic rings. The van der Waals surface area contributed by atoms with Crippen LogP contribution >= 0.6 is 0 Å². The Labute approximate surface area is 118 Å². The summed E-state index contributed by atoms with van der Waals surface area (Å²) in [5.74, 6) is 0. The van der Waals surface area contributed by atoms with E-state index in [1.54, 1.807) is 0 Å². The van der Waals surface area contributed by atoms with Gasteiger partial charge in [0.2, 0.25) is 0 Å². The number of hydrogen-bond acceptors (Lipinski definition) is 2. The third-order valence-electron chi connectivity index (χ3n) is 4.25. The second-order valence-corrected chi connectivity index (χ2v) is 5.34. The number of fused-ring (bicyclic) bond motifs is 3. The minimum absolute atomic E-state index is 0.0786. The van der Waals surface area contributed by atoms with Crippen LogP contribution in [0.3, 0.4) is 0 Å². The topological polar surface area (TPSA) is 36.3 Å². The fourth-order valence-corrected chi connectivity index (χ4v) is 3.30. The van der Waals surface area contributed by atoms with Gasteiger partial charge in [0.05, 0.1) is 0 Å². The van der Waals surface area contributed by atoms with Crippen molar-refractivity contribution in [2.75, 3.05) is 6.54 Å². The lowest BCUT2D eigenvalue weighted by atomic mass is 9.88. The molecule has 2 unspecified atom stereocenters. The quantitative estimate of drug-likeness (QED) is 0.858. The number of ether oxygens (including phenoxy) is 1. The molecule has 0 radical (unpaired) electrons. The molecule has 1 fully saturated rings. The molecule has 2 atom stereocenters. The van der Waals surface area contributed by atoms with E-state index >= 15 is 0 Å². The van der Waals surface area contributed by atoms with Crippen LogP contribution in [-0.4, -0.2) is 17.5 Å². The summed E-state index contributed by atoms with van der Waals surface area (Å²) >= 11 is 0. The first kappa shape index (κ1) is 11.5. The average molecular weight is 264 g/mol. The molecule has 3 heteroatoms. The maximum absolute atomic E-state index is 8.10. The Morgan fingerprint density at radius 2 is 1.75 bits per heavy atom. The van der Waals surface area contributed by atoms with Gasteiger partial charge in [-0.1, -0.05) is 54.6 Å². The number of rotatable bonds is 1. The summed E-state index contributed by atoms with van der Waals surface area (Å²) in [5, 5.41) is 8.10. The standard InChI is InChI=1S/C17H16N2O/c18-17-19-11-10-12-6-4-5-9-14(12)15(19)16(20-17)13-7-2-1-3-8-13/h1-9,15-16,18H,10-11H2. The van der Waals surface area contributed by atoms with Gasteiger partial charge in [-0.25, -0.2) is 0 Å². The molecule has 100 valence electrons. The number of benzene rings is 2. The van der Waals surface area contributed by atoms with Crippen molar-refractivity contribution in [3.63, 3.8) is 0 Å². The van der Waals surface area contributed by atoms with Crippen molar-refractivity contribution in [2.45, 2.75) is 18.6 Å². The first-order chi connectivity index (χ1) is 9.84. The zero-order valence-corrected chi connectivity index (χ0v) is 11.1. The Morgan fingerprint density at radius 3 is 2.60 bits per heavy atom. The highest BCUT2D eigenvalue weighted by atomic mass is 16.5. The van der Waals surface area contributed by atoms with Crippen LogP contribution in [0.25, 0.3) is 0 Å². The van der Waals surface area contributed by atoms with Gasteiger partial charge in [-0.15, -0.1) is 0 Å². The van der Waals surface area contributed by atoms with Crippen molar-refractivity contribution in [1.29, 1.82) is 5.41 Å². The smallest absolute Gasteiger partial charge is 0.285 e. The predicted octanol–water partition coefficient (Wildman–Crippen LogP) is 3.29. The molecule has 2 aromatic rings. The fraction of sp³-hybridized carbons (Fsp3) is 0.235. The van der Waals surface area contributed by atoms with Gasteiger partial charge in [-0.2, -0.15) is 0 Å². The molecule has 2 heterocycles. The molecule has 3 nitrogen and oxygen atoms in total. The van der Waals surface area contributed by atoms with Crippen LogP contribution in [-0.2, 0) is 11.2 Å². The summed E-state index contributed by atoms with van der Waals surface area (Å²) in [6.45, 7) is 0.865. The van der Waals surface area contributed by atoms with Gasteiger partial charge in [-0.05, 0) is 23.1 Å². The van der Waals surface area contributed by atoms with E-state index in [9.17, 15) is 0 Å². The summed E-state index contributed by atoms with van der Waals surface area (Å²) in [7, 11) is 0. The van der Waals surface area contributed by atoms with E-state index in [4.69, 9.17) is 10.1 Å². The Hall–Kier alpha value is -2.29. The SMILES string of the molecule is N=C1OC(c2ccccc2)C2c3ccccc3CCN12. The van der Waals surface area contributed by atoms with Crippen LogP contribution in [0.1, 0.15) is 28.8 Å². The molecule has 2 aliphatic heterocycles. The fourth-order valence-electron chi connectivity index (χ4n) is 3.30. The number of nitrogens with zero attached hydrogens (tertiary/aromatic N) is 1. The van der Waals surface area contributed by atoms with E-state index in [0.717, 1.165) is 18.5 Å². The molecule has 0 bridgehead atoms. The van der Waals surface area contributed by atoms with Gasteiger partial charge in [0, 0.05) is 6.54 Å². The third kappa shape index (κ3) is 1.63. The van der Waals surface area contributed by atoms with Crippen molar-refractivity contribution in [1.82, 2.24) is 4.90 Å². The minimum Gasteiger partial charge on any atom is -0.455 e. The van der Waals surface area contributed by atoms with Gasteiger partial charge in [0.15, 0.2) is 6.10 Å². The molecule has 0 amide bonds. The van der Waals surface area contributed by atoms with Gasteiger partial charge in [-0.3, -0.25) is 5.41 Å². The summed E-state index contributed by atoms with van der Waals surface area (Å²) in [4.78, 5) is 2.08. The summed E-state index contributed by atoms with van der Waals surface area (Å²) in [5.41, 5.74) is 3.82. The van der Waals surface area contributed by atoms with E-state index in [1.165, 1.54) is 11.1 Å². The Balaban J connectivity index is 1.82. The third-order valence-corrected chi connectivity index (χ3v) is 4.25. The number of nitrogens with one attached hydrogen (secondary N) is 1. The highest BCUT2D eigenvalue weighted by Crippen LogP contribution is 2.45. The monoisotopic (exact) mass is 264 g/mol. The molecular weight excluding hydrogens is 248 g/mol. The van der Waals surface area contributed by atoms with Gasteiger partial charge < -0.3 is 9.64 Å². The highest BCUT2D eigenvalue weighted by molar-refractivity contribution is 5.74. The van der Waals surface area contributed by atoms with E-state index < -0.39 is 0 Å². The van der Waals surface area contributed by atoms with Crippen LogP contribution < -0.4 is 0 Å². The average Bonchev–Trinajstić information content (AvgIpc) is 2.86. The first-order valence-electron chi connectivity index (χ1n) is 6.99. The van der Waals surface area contributed by atoms with E-state index in [0.29, 0.717) is 6.02 Å². The molecule has 4 rings (SSSR count). The Kier molecular flexibility index (Phi) is 2.52. The van der Waals surface area contributed by atoms with E-state index in [1.807, 2.05) is 18.2 Å². The largest absolute Gasteiger partial charge is 0.455 e. The molecular formula is C17H16N2O. The number of amidine groups is 1. The van der Waals surface area contributed by atoms with Crippen molar-refractivity contribution in [2.24, 2.45) is 0 Å². The molecule has 0 aliphatic carbocycles. The lowest BCUT2D eigenvalue weighted by molar-refractivity contribution is 0.186. The van der Waals surface area contributed by atoms with Gasteiger partial charge in [0.25, 0.3) is 6.02 Å². The molecule has 20 heavy (non-hydrogen) atoms. The molecule has 0 spiro atoms. The van der Waals surface area contributed by atoms with Crippen LogP contribution in [0, 0.1) is 5.41 Å². The van der Waals surface area contributed by atoms with Crippen LogP contribution in [0.15, 0.2) is 54.6 Å². The summed E-state index contributed by atoms with van der Waals surface area (Å²) < 4.78 is 5.86. The van der Waals surface area contributed by atoms with Crippen molar-refractivity contribution in [3.8, 4) is 0 Å². The lowest BCUT2D eigenvalue weighted by Gasteiger charge is -2.32. The normalized spacial score (nSPS) is 24.0. The lowest BCUT2D eigenvalue weighted by Crippen LogP contribution is -2.34. The van der Waals surface area contributed by atoms with E-state index in [2.05, 4.69) is 41.3 Å². The molecule has 1 N–H and O–H groups in total. The second-order valence-electron chi connectivity index (χ2n) is 5.34. The Morgan fingerprint density at radius 1 is 1.00 bits per heavy atom. The summed E-state index contributed by atoms with van der Waals surface area (Å²) in [6, 6.07) is 19.2. The second kappa shape index (κ2) is 4.37. The van der Waals surface area contributed by atoms with Crippen LogP contribution in [0.2, 0.25) is 0 Å². The molecule has 0 saturated carbocycles. The maximum Gasteiger partial charge on any atom is 0.285 e. The summed E-state index contributed by atoms with van der Waals surface area (Å²) in [6.07, 6.45) is 0.907. The zero-order chi connectivity index (χ0) is 13.5. The van der Waals surface area contributed by atoms with Crippen molar-refractivity contribution >= 4 is 6.02 Å². The predicted molar refractivity (Wildman–Crippen MR) is 77.6 cm³/mol. The molecule has 0 aromatic heterocycles. The van der Waals surface area contributed by atoms with E-state index in [-0.39, 0.29) is 12.1 Å². The van der Waals surface area contributed by atoms with Crippen LogP contribution in [0.5, 0.6) is 0 Å². The zero-order valence-electron chi connectivity index (χ0n) is 11.1.